The topological polar surface area (TPSA) is 89.7 Å². The second kappa shape index (κ2) is 5.73. The van der Waals surface area contributed by atoms with E-state index in [4.69, 9.17) is 15.3 Å². The van der Waals surface area contributed by atoms with Crippen molar-refractivity contribution in [3.63, 3.8) is 0 Å². The van der Waals surface area contributed by atoms with Crippen molar-refractivity contribution in [3.8, 4) is 17.9 Å². The Morgan fingerprint density at radius 1 is 1.35 bits per heavy atom. The maximum absolute atomic E-state index is 11.9. The second-order valence-electron chi connectivity index (χ2n) is 4.02. The van der Waals surface area contributed by atoms with Gasteiger partial charge in [0.25, 0.3) is 5.56 Å². The van der Waals surface area contributed by atoms with Crippen molar-refractivity contribution in [3.05, 3.63) is 45.8 Å². The molecule has 0 saturated heterocycles. The van der Waals surface area contributed by atoms with Crippen molar-refractivity contribution >= 4 is 17.0 Å². The van der Waals surface area contributed by atoms with Gasteiger partial charge in [0.1, 0.15) is 23.5 Å². The number of aromatic amines is 1. The number of rotatable bonds is 3. The van der Waals surface area contributed by atoms with Crippen LogP contribution in [0.2, 0.25) is 0 Å². The first-order valence-corrected chi connectivity index (χ1v) is 5.99. The van der Waals surface area contributed by atoms with E-state index in [9.17, 15) is 4.79 Å². The molecule has 0 atom stereocenters. The minimum atomic E-state index is -0.343. The number of hydrogen-bond donors (Lipinski definition) is 1. The highest BCUT2D eigenvalue weighted by Gasteiger charge is 2.04. The molecule has 1 heterocycles. The van der Waals surface area contributed by atoms with Crippen molar-refractivity contribution in [2.45, 2.75) is 6.92 Å². The molecule has 0 bridgehead atoms. The summed E-state index contributed by atoms with van der Waals surface area (Å²) >= 11 is 0. The van der Waals surface area contributed by atoms with E-state index < -0.39 is 0 Å². The predicted octanol–water partition coefficient (Wildman–Crippen LogP) is 2.36. The number of H-pyrrole nitrogens is 1. The van der Waals surface area contributed by atoms with Gasteiger partial charge in [0.05, 0.1) is 6.61 Å². The monoisotopic (exact) mass is 265 g/mol. The van der Waals surface area contributed by atoms with Gasteiger partial charge in [0.15, 0.2) is 0 Å². The zero-order valence-electron chi connectivity index (χ0n) is 10.8. The van der Waals surface area contributed by atoms with Crippen LogP contribution in [0.3, 0.4) is 0 Å². The maximum Gasteiger partial charge on any atom is 0.255 e. The Labute approximate surface area is 115 Å². The molecule has 20 heavy (non-hydrogen) atoms. The predicted molar refractivity (Wildman–Crippen MR) is 74.9 cm³/mol. The smallest absolute Gasteiger partial charge is 0.255 e. The summed E-state index contributed by atoms with van der Waals surface area (Å²) in [7, 11) is 0. The first-order valence-electron chi connectivity index (χ1n) is 5.99. The van der Waals surface area contributed by atoms with Gasteiger partial charge in [-0.1, -0.05) is 0 Å². The van der Waals surface area contributed by atoms with Crippen LogP contribution in [0.15, 0.2) is 34.6 Å². The van der Waals surface area contributed by atoms with E-state index in [1.807, 2.05) is 6.92 Å². The molecule has 5 nitrogen and oxygen atoms in total. The molecule has 0 aliphatic heterocycles. The van der Waals surface area contributed by atoms with Crippen LogP contribution in [-0.4, -0.2) is 11.6 Å². The summed E-state index contributed by atoms with van der Waals surface area (Å²) in [4.78, 5) is 14.6. The third-order valence-electron chi connectivity index (χ3n) is 2.70. The number of ether oxygens (including phenoxy) is 1. The number of fused-ring (bicyclic) bond motifs is 1. The van der Waals surface area contributed by atoms with Crippen LogP contribution >= 0.6 is 0 Å². The van der Waals surface area contributed by atoms with Crippen LogP contribution < -0.4 is 10.3 Å². The van der Waals surface area contributed by atoms with E-state index in [-0.39, 0.29) is 16.7 Å². The molecule has 0 amide bonds. The van der Waals surface area contributed by atoms with E-state index in [2.05, 4.69) is 4.98 Å². The molecular weight excluding hydrogens is 254 g/mol. The number of nitrogens with one attached hydrogen (secondary N) is 1. The van der Waals surface area contributed by atoms with Gasteiger partial charge in [-0.25, -0.2) is 0 Å². The van der Waals surface area contributed by atoms with Crippen LogP contribution in [-0.2, 0) is 0 Å². The van der Waals surface area contributed by atoms with Crippen molar-refractivity contribution in [1.82, 2.24) is 4.98 Å². The molecule has 0 spiro atoms. The Hall–Kier alpha value is -3.05. The number of hydrogen-bond acceptors (Lipinski definition) is 4. The Balaban J connectivity index is 2.61. The van der Waals surface area contributed by atoms with Crippen LogP contribution in [0.5, 0.6) is 5.75 Å². The van der Waals surface area contributed by atoms with Crippen LogP contribution in [0.1, 0.15) is 12.5 Å². The number of nitrogens with zero attached hydrogens (tertiary/aromatic N) is 2. The molecule has 0 radical (unpaired) electrons. The lowest BCUT2D eigenvalue weighted by Gasteiger charge is -2.05. The minimum absolute atomic E-state index is 0.115. The molecule has 1 N–H and O–H groups in total. The van der Waals surface area contributed by atoms with E-state index in [1.54, 1.807) is 36.4 Å². The fraction of sp³-hybridized carbons (Fsp3) is 0.133. The fourth-order valence-electron chi connectivity index (χ4n) is 1.81. The van der Waals surface area contributed by atoms with Gasteiger partial charge in [-0.05, 0) is 37.3 Å². The average molecular weight is 265 g/mol. The standard InChI is InChI=1S/C15H11N3O2/c1-2-20-13-3-4-14-11(7-13)6-12(15(19)18-14)5-10(8-16)9-17/h3-7H,2H2,1H3,(H,18,19). The number of pyridine rings is 1. The quantitative estimate of drug-likeness (QED) is 0.862. The van der Waals surface area contributed by atoms with Gasteiger partial charge >= 0.3 is 0 Å². The molecule has 0 aliphatic rings. The van der Waals surface area contributed by atoms with Crippen molar-refractivity contribution < 1.29 is 4.74 Å². The Morgan fingerprint density at radius 2 is 2.10 bits per heavy atom. The summed E-state index contributed by atoms with van der Waals surface area (Å²) in [6, 6.07) is 10.4. The lowest BCUT2D eigenvalue weighted by molar-refractivity contribution is 0.340. The Bertz CT molecular complexity index is 804. The molecule has 0 unspecified atom stereocenters. The van der Waals surface area contributed by atoms with E-state index in [0.29, 0.717) is 17.9 Å². The molecule has 1 aromatic heterocycles. The first-order chi connectivity index (χ1) is 9.67. The van der Waals surface area contributed by atoms with Crippen LogP contribution in [0, 0.1) is 22.7 Å². The van der Waals surface area contributed by atoms with E-state index in [0.717, 1.165) is 5.39 Å². The lowest BCUT2D eigenvalue weighted by atomic mass is 10.1. The molecule has 0 fully saturated rings. The third kappa shape index (κ3) is 2.68. The van der Waals surface area contributed by atoms with Gasteiger partial charge in [-0.15, -0.1) is 0 Å². The van der Waals surface area contributed by atoms with Gasteiger partial charge in [0.2, 0.25) is 0 Å². The van der Waals surface area contributed by atoms with E-state index in [1.165, 1.54) is 6.08 Å². The Kier molecular flexibility index (Phi) is 3.83. The number of benzene rings is 1. The van der Waals surface area contributed by atoms with Crippen LogP contribution in [0.25, 0.3) is 17.0 Å². The zero-order valence-corrected chi connectivity index (χ0v) is 10.8. The van der Waals surface area contributed by atoms with Crippen molar-refractivity contribution in [2.24, 2.45) is 0 Å². The molecule has 98 valence electrons. The SMILES string of the molecule is CCOc1ccc2[nH]c(=O)c(C=C(C#N)C#N)cc2c1. The summed E-state index contributed by atoms with van der Waals surface area (Å²) < 4.78 is 5.40. The highest BCUT2D eigenvalue weighted by atomic mass is 16.5. The minimum Gasteiger partial charge on any atom is -0.494 e. The first kappa shape index (κ1) is 13.4. The van der Waals surface area contributed by atoms with Crippen LogP contribution in [0.4, 0.5) is 0 Å². The largest absolute Gasteiger partial charge is 0.494 e. The van der Waals surface area contributed by atoms with Gasteiger partial charge in [-0.3, -0.25) is 4.79 Å². The number of aromatic nitrogens is 1. The second-order valence-corrected chi connectivity index (χ2v) is 4.02. The molecular formula is C15H11N3O2. The maximum atomic E-state index is 11.9. The summed E-state index contributed by atoms with van der Waals surface area (Å²) in [5.41, 5.74) is 0.482. The van der Waals surface area contributed by atoms with Crippen molar-refractivity contribution in [1.29, 1.82) is 10.5 Å². The summed E-state index contributed by atoms with van der Waals surface area (Å²) in [5, 5.41) is 18.2. The summed E-state index contributed by atoms with van der Waals surface area (Å²) in [6.07, 6.45) is 1.27. The lowest BCUT2D eigenvalue weighted by Crippen LogP contribution is -2.09. The molecule has 0 saturated carbocycles. The third-order valence-corrected chi connectivity index (χ3v) is 2.70. The average Bonchev–Trinajstić information content (AvgIpc) is 2.45. The number of nitriles is 2. The number of allylic oxidation sites excluding steroid dienone is 1. The Morgan fingerprint density at radius 3 is 2.75 bits per heavy atom. The van der Waals surface area contributed by atoms with Gasteiger partial charge in [-0.2, -0.15) is 10.5 Å². The van der Waals surface area contributed by atoms with E-state index >= 15 is 0 Å². The molecule has 2 rings (SSSR count). The van der Waals surface area contributed by atoms with Gasteiger partial charge < -0.3 is 9.72 Å². The molecule has 5 heteroatoms. The highest BCUT2D eigenvalue weighted by Crippen LogP contribution is 2.19. The van der Waals surface area contributed by atoms with Crippen molar-refractivity contribution in [2.75, 3.05) is 6.61 Å². The summed E-state index contributed by atoms with van der Waals surface area (Å²) in [5.74, 6) is 0.697. The molecule has 1 aromatic carbocycles. The summed E-state index contributed by atoms with van der Waals surface area (Å²) in [6.45, 7) is 2.44. The fourth-order valence-corrected chi connectivity index (χ4v) is 1.81. The highest BCUT2D eigenvalue weighted by molar-refractivity contribution is 5.82. The zero-order chi connectivity index (χ0) is 14.5. The molecule has 0 aliphatic carbocycles. The van der Waals surface area contributed by atoms with Gasteiger partial charge in [0, 0.05) is 16.5 Å². The molecule has 2 aromatic rings. The normalized spacial score (nSPS) is 9.55.